The second-order valence-electron chi connectivity index (χ2n) is 5.22. The predicted molar refractivity (Wildman–Crippen MR) is 89.7 cm³/mol. The molecule has 134 valence electrons. The van der Waals surface area contributed by atoms with Gasteiger partial charge in [-0.3, -0.25) is 9.59 Å². The van der Waals surface area contributed by atoms with Crippen molar-refractivity contribution in [3.63, 3.8) is 0 Å². The first kappa shape index (κ1) is 21.6. The van der Waals surface area contributed by atoms with Crippen molar-refractivity contribution in [2.24, 2.45) is 0 Å². The molecule has 0 saturated carbocycles. The summed E-state index contributed by atoms with van der Waals surface area (Å²) in [5.74, 6) is -2.77. The molecule has 1 aromatic rings. The average Bonchev–Trinajstić information content (AvgIpc) is 2.47. The second-order valence-corrected chi connectivity index (χ2v) is 5.22. The van der Waals surface area contributed by atoms with Crippen molar-refractivity contribution < 1.29 is 29.7 Å². The lowest BCUT2D eigenvalue weighted by molar-refractivity contribution is -0.134. The molecule has 0 fully saturated rings. The van der Waals surface area contributed by atoms with Crippen molar-refractivity contribution in [1.29, 1.82) is 0 Å². The van der Waals surface area contributed by atoms with E-state index in [2.05, 4.69) is 4.90 Å². The zero-order valence-electron chi connectivity index (χ0n) is 14.4. The summed E-state index contributed by atoms with van der Waals surface area (Å²) in [4.78, 5) is 34.3. The number of hydrogen-bond donors (Lipinski definition) is 3. The van der Waals surface area contributed by atoms with Crippen molar-refractivity contribution >= 4 is 17.7 Å². The summed E-state index contributed by atoms with van der Waals surface area (Å²) in [7, 11) is 0. The molecule has 24 heavy (non-hydrogen) atoms. The van der Waals surface area contributed by atoms with Gasteiger partial charge in [-0.25, -0.2) is 4.79 Å². The van der Waals surface area contributed by atoms with Crippen LogP contribution in [0.25, 0.3) is 0 Å². The third kappa shape index (κ3) is 6.78. The SMILES string of the molecule is CC(=O)O.CCN(CC)C(C)CC(=O)c1cccc(C(=O)O)c1O. The summed E-state index contributed by atoms with van der Waals surface area (Å²) >= 11 is 0. The van der Waals surface area contributed by atoms with Crippen LogP contribution in [0.15, 0.2) is 18.2 Å². The van der Waals surface area contributed by atoms with Gasteiger partial charge in [0.1, 0.15) is 11.3 Å². The van der Waals surface area contributed by atoms with E-state index in [1.54, 1.807) is 0 Å². The molecule has 1 atom stereocenters. The van der Waals surface area contributed by atoms with Gasteiger partial charge < -0.3 is 20.2 Å². The normalized spacial score (nSPS) is 11.4. The maximum atomic E-state index is 12.2. The first-order chi connectivity index (χ1) is 11.1. The lowest BCUT2D eigenvalue weighted by atomic mass is 10.00. The Hall–Kier alpha value is -2.41. The van der Waals surface area contributed by atoms with Crippen molar-refractivity contribution in [1.82, 2.24) is 4.90 Å². The largest absolute Gasteiger partial charge is 0.506 e. The van der Waals surface area contributed by atoms with E-state index in [0.717, 1.165) is 20.0 Å². The van der Waals surface area contributed by atoms with Gasteiger partial charge in [0, 0.05) is 19.4 Å². The fourth-order valence-electron chi connectivity index (χ4n) is 2.30. The number of carboxylic acids is 2. The second kappa shape index (κ2) is 10.4. The van der Waals surface area contributed by atoms with Crippen LogP contribution in [0.4, 0.5) is 0 Å². The van der Waals surface area contributed by atoms with E-state index in [0.29, 0.717) is 0 Å². The smallest absolute Gasteiger partial charge is 0.339 e. The molecule has 1 aromatic carbocycles. The number of benzene rings is 1. The van der Waals surface area contributed by atoms with Gasteiger partial charge in [-0.05, 0) is 32.1 Å². The Morgan fingerprint density at radius 3 is 1.96 bits per heavy atom. The van der Waals surface area contributed by atoms with Gasteiger partial charge in [0.2, 0.25) is 0 Å². The molecule has 0 heterocycles. The number of Topliss-reactive ketones (excluding diaryl/α,β-unsaturated/α-hetero) is 1. The number of aliphatic carboxylic acids is 1. The zero-order valence-corrected chi connectivity index (χ0v) is 14.4. The van der Waals surface area contributed by atoms with Crippen LogP contribution < -0.4 is 0 Å². The molecule has 1 rings (SSSR count). The molecule has 7 nitrogen and oxygen atoms in total. The van der Waals surface area contributed by atoms with Crippen LogP contribution in [-0.4, -0.2) is 57.1 Å². The van der Waals surface area contributed by atoms with E-state index < -0.39 is 17.7 Å². The molecule has 1 unspecified atom stereocenters. The minimum Gasteiger partial charge on any atom is -0.506 e. The molecule has 0 aliphatic carbocycles. The number of carbonyl (C=O) groups excluding carboxylic acids is 1. The third-order valence-corrected chi connectivity index (χ3v) is 3.48. The first-order valence-electron chi connectivity index (χ1n) is 7.67. The summed E-state index contributed by atoms with van der Waals surface area (Å²) in [5.41, 5.74) is -0.171. The molecule has 7 heteroatoms. The monoisotopic (exact) mass is 339 g/mol. The van der Waals surface area contributed by atoms with Crippen LogP contribution in [0, 0.1) is 0 Å². The summed E-state index contributed by atoms with van der Waals surface area (Å²) < 4.78 is 0. The van der Waals surface area contributed by atoms with E-state index >= 15 is 0 Å². The summed E-state index contributed by atoms with van der Waals surface area (Å²) in [6, 6.07) is 4.25. The van der Waals surface area contributed by atoms with Crippen LogP contribution in [0.2, 0.25) is 0 Å². The maximum absolute atomic E-state index is 12.2. The summed E-state index contributed by atoms with van der Waals surface area (Å²) in [6.45, 7) is 8.75. The van der Waals surface area contributed by atoms with Crippen LogP contribution >= 0.6 is 0 Å². The molecule has 0 aliphatic heterocycles. The number of aromatic carboxylic acids is 1. The van der Waals surface area contributed by atoms with Gasteiger partial charge in [0.15, 0.2) is 5.78 Å². The number of para-hydroxylation sites is 1. The predicted octanol–water partition coefficient (Wildman–Crippen LogP) is 2.48. The van der Waals surface area contributed by atoms with Crippen LogP contribution in [0.3, 0.4) is 0 Å². The van der Waals surface area contributed by atoms with Gasteiger partial charge in [-0.15, -0.1) is 0 Å². The van der Waals surface area contributed by atoms with Crippen LogP contribution in [0.5, 0.6) is 5.75 Å². The molecule has 0 aliphatic rings. The Bertz CT molecular complexity index is 576. The first-order valence-corrected chi connectivity index (χ1v) is 7.67. The Morgan fingerprint density at radius 1 is 1.08 bits per heavy atom. The molecular formula is C17H25NO6. The van der Waals surface area contributed by atoms with Gasteiger partial charge in [0.25, 0.3) is 5.97 Å². The molecule has 0 spiro atoms. The highest BCUT2D eigenvalue weighted by atomic mass is 16.4. The number of carboxylic acid groups (broad SMARTS) is 2. The highest BCUT2D eigenvalue weighted by Crippen LogP contribution is 2.24. The number of ketones is 1. The van der Waals surface area contributed by atoms with Crippen LogP contribution in [0.1, 0.15) is 54.8 Å². The van der Waals surface area contributed by atoms with Gasteiger partial charge in [-0.2, -0.15) is 0 Å². The number of hydrogen-bond acceptors (Lipinski definition) is 5. The third-order valence-electron chi connectivity index (χ3n) is 3.48. The standard InChI is InChI=1S/C15H21NO4.C2H4O2/c1-4-16(5-2)10(3)9-13(17)11-7-6-8-12(14(11)18)15(19)20;1-2(3)4/h6-8,10,18H,4-5,9H2,1-3H3,(H,19,20);1H3,(H,3,4). The van der Waals surface area contributed by atoms with E-state index in [4.69, 9.17) is 15.0 Å². The molecule has 0 bridgehead atoms. The lowest BCUT2D eigenvalue weighted by Crippen LogP contribution is -2.34. The van der Waals surface area contributed by atoms with Gasteiger partial charge in [-0.1, -0.05) is 19.9 Å². The fraction of sp³-hybridized carbons (Fsp3) is 0.471. The summed E-state index contributed by atoms with van der Waals surface area (Å²) in [5, 5.41) is 26.2. The van der Waals surface area contributed by atoms with Gasteiger partial charge in [0.05, 0.1) is 5.56 Å². The minimum absolute atomic E-state index is 0.0467. The highest BCUT2D eigenvalue weighted by Gasteiger charge is 2.21. The maximum Gasteiger partial charge on any atom is 0.339 e. The molecule has 0 aromatic heterocycles. The van der Waals surface area contributed by atoms with Gasteiger partial charge >= 0.3 is 5.97 Å². The molecule has 3 N–H and O–H groups in total. The van der Waals surface area contributed by atoms with Crippen molar-refractivity contribution in [3.05, 3.63) is 29.3 Å². The quantitative estimate of drug-likeness (QED) is 0.654. The van der Waals surface area contributed by atoms with Crippen molar-refractivity contribution in [2.75, 3.05) is 13.1 Å². The van der Waals surface area contributed by atoms with Crippen molar-refractivity contribution in [2.45, 2.75) is 40.2 Å². The lowest BCUT2D eigenvalue weighted by Gasteiger charge is -2.25. The van der Waals surface area contributed by atoms with Crippen molar-refractivity contribution in [3.8, 4) is 5.75 Å². The number of carbonyl (C=O) groups is 3. The number of aromatic hydroxyl groups is 1. The Balaban J connectivity index is 0.00000118. The van der Waals surface area contributed by atoms with E-state index in [-0.39, 0.29) is 29.4 Å². The minimum atomic E-state index is -1.24. The number of nitrogens with zero attached hydrogens (tertiary/aromatic N) is 1. The molecule has 0 amide bonds. The Labute approximate surface area is 141 Å². The van der Waals surface area contributed by atoms with E-state index in [1.165, 1.54) is 18.2 Å². The van der Waals surface area contributed by atoms with E-state index in [1.807, 2.05) is 20.8 Å². The average molecular weight is 339 g/mol. The molecular weight excluding hydrogens is 314 g/mol. The van der Waals surface area contributed by atoms with Crippen LogP contribution in [-0.2, 0) is 4.79 Å². The zero-order chi connectivity index (χ0) is 18.9. The Morgan fingerprint density at radius 2 is 1.54 bits per heavy atom. The Kier molecular flexibility index (Phi) is 9.34. The molecule has 0 radical (unpaired) electrons. The summed E-state index contributed by atoms with van der Waals surface area (Å²) in [6.07, 6.45) is 0.248. The molecule has 0 saturated heterocycles. The highest BCUT2D eigenvalue weighted by molar-refractivity contribution is 6.03. The fourth-order valence-corrected chi connectivity index (χ4v) is 2.30. The number of phenols is 1. The number of rotatable bonds is 7. The topological polar surface area (TPSA) is 115 Å². The van der Waals surface area contributed by atoms with E-state index in [9.17, 15) is 14.7 Å².